The van der Waals surface area contributed by atoms with Crippen molar-refractivity contribution in [2.75, 3.05) is 5.32 Å². The molecule has 1 atom stereocenters. The summed E-state index contributed by atoms with van der Waals surface area (Å²) in [5, 5.41) is 9.37. The van der Waals surface area contributed by atoms with E-state index in [2.05, 4.69) is 20.7 Å². The van der Waals surface area contributed by atoms with Gasteiger partial charge in [-0.2, -0.15) is 9.49 Å². The van der Waals surface area contributed by atoms with Crippen LogP contribution in [0.1, 0.15) is 64.4 Å². The first kappa shape index (κ1) is 28.4. The number of alkyl halides is 2. The predicted molar refractivity (Wildman–Crippen MR) is 137 cm³/mol. The molecule has 1 fully saturated rings. The van der Waals surface area contributed by atoms with Gasteiger partial charge in [-0.3, -0.25) is 14.3 Å². The molecule has 2 aromatic heterocycles. The van der Waals surface area contributed by atoms with E-state index in [-0.39, 0.29) is 17.7 Å². The number of hydrogen-bond acceptors (Lipinski definition) is 6. The molecule has 0 aliphatic carbocycles. The maximum atomic E-state index is 14.9. The Bertz CT molecular complexity index is 1080. The first-order valence-corrected chi connectivity index (χ1v) is 12.7. The monoisotopic (exact) mass is 541 g/mol. The number of carbonyl (C=O) groups is 2. The SMILES string of the molecule is CCn1nccc1C(=O)N[C@@H](CCCC(Cl)Cl)C(=O)Nc1ccc(B2OC(C)(C)C(C)(C)O2)c(F)n1. The van der Waals surface area contributed by atoms with Gasteiger partial charge in [0.05, 0.1) is 11.2 Å². The lowest BCUT2D eigenvalue weighted by molar-refractivity contribution is -0.118. The fraction of sp³-hybridized carbons (Fsp3) is 0.565. The van der Waals surface area contributed by atoms with E-state index in [0.717, 1.165) is 0 Å². The van der Waals surface area contributed by atoms with Crippen LogP contribution < -0.4 is 16.1 Å². The lowest BCUT2D eigenvalue weighted by Crippen LogP contribution is -2.44. The van der Waals surface area contributed by atoms with Crippen molar-refractivity contribution in [3.05, 3.63) is 36.0 Å². The van der Waals surface area contributed by atoms with Crippen LogP contribution >= 0.6 is 23.2 Å². The minimum Gasteiger partial charge on any atom is -0.399 e. The third kappa shape index (κ3) is 6.56. The van der Waals surface area contributed by atoms with Crippen LogP contribution in [0.2, 0.25) is 0 Å². The highest BCUT2D eigenvalue weighted by atomic mass is 35.5. The molecule has 0 saturated carbocycles. The Morgan fingerprint density at radius 2 is 1.81 bits per heavy atom. The van der Waals surface area contributed by atoms with Crippen molar-refractivity contribution >= 4 is 53.4 Å². The van der Waals surface area contributed by atoms with Crippen molar-refractivity contribution in [2.45, 2.75) is 82.5 Å². The van der Waals surface area contributed by atoms with E-state index in [0.29, 0.717) is 25.1 Å². The molecule has 0 aromatic carbocycles. The average Bonchev–Trinajstić information content (AvgIpc) is 3.34. The molecule has 13 heteroatoms. The van der Waals surface area contributed by atoms with Crippen molar-refractivity contribution < 1.29 is 23.3 Å². The van der Waals surface area contributed by atoms with Gasteiger partial charge in [0, 0.05) is 18.2 Å². The van der Waals surface area contributed by atoms with Gasteiger partial charge in [-0.15, -0.1) is 23.2 Å². The Hall–Kier alpha value is -2.21. The Morgan fingerprint density at radius 1 is 1.14 bits per heavy atom. The standard InChI is InChI=1S/C23H31BCl2FN5O4/c1-6-32-16(12-13-28-32)21(34)29-15(8-7-9-17(25)26)20(33)31-18-11-10-14(19(27)30-18)24-35-22(2,3)23(4,5)36-24/h10-13,15,17H,6-9H2,1-5H3,(H,29,34)(H,30,31,33)/t15-/m0/s1. The number of rotatable bonds is 10. The maximum Gasteiger partial charge on any atom is 0.499 e. The van der Waals surface area contributed by atoms with Gasteiger partial charge in [0.1, 0.15) is 22.4 Å². The molecular weight excluding hydrogens is 511 g/mol. The summed E-state index contributed by atoms with van der Waals surface area (Å²) in [6.45, 7) is 9.81. The van der Waals surface area contributed by atoms with Crippen LogP contribution in [0.3, 0.4) is 0 Å². The smallest absolute Gasteiger partial charge is 0.399 e. The second-order valence-electron chi connectivity index (χ2n) is 9.53. The van der Waals surface area contributed by atoms with E-state index in [9.17, 15) is 14.0 Å². The molecule has 0 bridgehead atoms. The molecule has 2 amide bonds. The quantitative estimate of drug-likeness (QED) is 0.271. The highest BCUT2D eigenvalue weighted by Gasteiger charge is 2.52. The molecule has 196 valence electrons. The van der Waals surface area contributed by atoms with E-state index in [1.807, 2.05) is 34.6 Å². The number of anilines is 1. The zero-order valence-electron chi connectivity index (χ0n) is 21.0. The van der Waals surface area contributed by atoms with E-state index >= 15 is 0 Å². The summed E-state index contributed by atoms with van der Waals surface area (Å²) in [5.74, 6) is -1.85. The molecule has 1 aliphatic heterocycles. The van der Waals surface area contributed by atoms with Crippen LogP contribution in [0.15, 0.2) is 24.4 Å². The Balaban J connectivity index is 1.72. The van der Waals surface area contributed by atoms with E-state index in [1.54, 1.807) is 6.07 Å². The van der Waals surface area contributed by atoms with Crippen molar-refractivity contribution in [1.82, 2.24) is 20.1 Å². The Morgan fingerprint density at radius 3 is 2.39 bits per heavy atom. The molecule has 0 radical (unpaired) electrons. The molecule has 1 saturated heterocycles. The highest BCUT2D eigenvalue weighted by molar-refractivity contribution is 6.62. The predicted octanol–water partition coefficient (Wildman–Crippen LogP) is 3.45. The summed E-state index contributed by atoms with van der Waals surface area (Å²) < 4.78 is 28.2. The van der Waals surface area contributed by atoms with Gasteiger partial charge in [0.2, 0.25) is 11.9 Å². The largest absolute Gasteiger partial charge is 0.499 e. The second-order valence-corrected chi connectivity index (χ2v) is 10.8. The van der Waals surface area contributed by atoms with Gasteiger partial charge in [-0.1, -0.05) is 6.07 Å². The number of pyridine rings is 1. The van der Waals surface area contributed by atoms with Crippen molar-refractivity contribution in [1.29, 1.82) is 0 Å². The summed E-state index contributed by atoms with van der Waals surface area (Å²) in [6.07, 6.45) is 2.69. The molecule has 3 heterocycles. The van der Waals surface area contributed by atoms with Crippen LogP contribution in [-0.4, -0.2) is 55.8 Å². The topological polar surface area (TPSA) is 107 Å². The molecule has 3 rings (SSSR count). The zero-order chi connectivity index (χ0) is 26.7. The minimum absolute atomic E-state index is 0.0109. The van der Waals surface area contributed by atoms with Gasteiger partial charge >= 0.3 is 7.12 Å². The van der Waals surface area contributed by atoms with E-state index in [1.165, 1.54) is 23.0 Å². The Labute approximate surface area is 220 Å². The first-order chi connectivity index (χ1) is 16.8. The average molecular weight is 542 g/mol. The number of nitrogens with zero attached hydrogens (tertiary/aromatic N) is 3. The fourth-order valence-corrected chi connectivity index (χ4v) is 3.94. The molecule has 9 nitrogen and oxygen atoms in total. The number of aryl methyl sites for hydroxylation is 1. The van der Waals surface area contributed by atoms with E-state index in [4.69, 9.17) is 32.5 Å². The maximum absolute atomic E-state index is 14.9. The van der Waals surface area contributed by atoms with Crippen molar-refractivity contribution in [3.63, 3.8) is 0 Å². The molecular formula is C23H31BCl2FN5O4. The minimum atomic E-state index is -0.933. The van der Waals surface area contributed by atoms with Gasteiger partial charge in [0.15, 0.2) is 0 Å². The van der Waals surface area contributed by atoms with E-state index < -0.39 is 47.0 Å². The van der Waals surface area contributed by atoms with Gasteiger partial charge in [-0.05, 0) is 66.0 Å². The van der Waals surface area contributed by atoms with Crippen LogP contribution in [0.5, 0.6) is 0 Å². The van der Waals surface area contributed by atoms with Crippen LogP contribution in [0, 0.1) is 5.95 Å². The molecule has 2 N–H and O–H groups in total. The number of nitrogens with one attached hydrogen (secondary N) is 2. The molecule has 0 unspecified atom stereocenters. The van der Waals surface area contributed by atoms with Crippen LogP contribution in [0.4, 0.5) is 10.2 Å². The lowest BCUT2D eigenvalue weighted by Gasteiger charge is -2.32. The van der Waals surface area contributed by atoms with Crippen molar-refractivity contribution in [3.8, 4) is 0 Å². The van der Waals surface area contributed by atoms with Crippen LogP contribution in [0.25, 0.3) is 0 Å². The molecule has 36 heavy (non-hydrogen) atoms. The second kappa shape index (κ2) is 11.5. The normalized spacial score (nSPS) is 17.3. The van der Waals surface area contributed by atoms with Gasteiger partial charge in [0.25, 0.3) is 5.91 Å². The van der Waals surface area contributed by atoms with Crippen LogP contribution in [-0.2, 0) is 20.6 Å². The number of aromatic nitrogens is 3. The summed E-state index contributed by atoms with van der Waals surface area (Å²) in [4.78, 5) is 29.1. The summed E-state index contributed by atoms with van der Waals surface area (Å²) >= 11 is 11.6. The number of halogens is 3. The number of carbonyl (C=O) groups excluding carboxylic acids is 2. The summed E-state index contributed by atoms with van der Waals surface area (Å²) in [6, 6.07) is 3.55. The third-order valence-corrected chi connectivity index (χ3v) is 6.86. The highest BCUT2D eigenvalue weighted by Crippen LogP contribution is 2.36. The molecule has 1 aliphatic rings. The summed E-state index contributed by atoms with van der Waals surface area (Å²) in [7, 11) is -0.929. The van der Waals surface area contributed by atoms with Crippen molar-refractivity contribution in [2.24, 2.45) is 0 Å². The lowest BCUT2D eigenvalue weighted by atomic mass is 9.80. The third-order valence-electron chi connectivity index (χ3n) is 6.42. The number of amides is 2. The summed E-state index contributed by atoms with van der Waals surface area (Å²) in [5.41, 5.74) is -0.834. The van der Waals surface area contributed by atoms with Gasteiger partial charge in [-0.25, -0.2) is 4.98 Å². The molecule has 2 aromatic rings. The fourth-order valence-electron chi connectivity index (χ4n) is 3.63. The zero-order valence-corrected chi connectivity index (χ0v) is 22.5. The molecule has 0 spiro atoms. The Kier molecular flexibility index (Phi) is 9.03. The van der Waals surface area contributed by atoms with Gasteiger partial charge < -0.3 is 19.9 Å². The number of hydrogen-bond donors (Lipinski definition) is 2. The first-order valence-electron chi connectivity index (χ1n) is 11.8.